The van der Waals surface area contributed by atoms with Crippen molar-refractivity contribution in [2.45, 2.75) is 38.5 Å². The first-order valence-corrected chi connectivity index (χ1v) is 9.26. The summed E-state index contributed by atoms with van der Waals surface area (Å²) < 4.78 is 46.5. The zero-order valence-corrected chi connectivity index (χ0v) is 17.1. The molecule has 0 aliphatic carbocycles. The third kappa shape index (κ3) is 5.02. The number of pyridine rings is 1. The monoisotopic (exact) mass is 445 g/mol. The van der Waals surface area contributed by atoms with E-state index in [-0.39, 0.29) is 29.5 Å². The minimum atomic E-state index is -4.49. The molecule has 1 aliphatic heterocycles. The fourth-order valence-electron chi connectivity index (χ4n) is 2.77. The number of carbonyl (C=O) groups is 1. The predicted octanol–water partition coefficient (Wildman–Crippen LogP) is 4.37. The van der Waals surface area contributed by atoms with Gasteiger partial charge in [-0.25, -0.2) is 14.8 Å². The lowest BCUT2D eigenvalue weighted by Gasteiger charge is -2.27. The van der Waals surface area contributed by atoms with Crippen LogP contribution in [0.1, 0.15) is 32.4 Å². The molecular formula is C18H19ClF3N5O3. The lowest BCUT2D eigenvalue weighted by atomic mass is 10.1. The van der Waals surface area contributed by atoms with Gasteiger partial charge in [-0.15, -0.1) is 0 Å². The number of ether oxygens (including phenoxy) is 2. The van der Waals surface area contributed by atoms with Gasteiger partial charge in [0.2, 0.25) is 11.8 Å². The third-order valence-corrected chi connectivity index (χ3v) is 4.52. The van der Waals surface area contributed by atoms with Crippen LogP contribution in [-0.2, 0) is 4.74 Å². The summed E-state index contributed by atoms with van der Waals surface area (Å²) in [5.41, 5.74) is 0.0205. The SMILES string of the molecule is CC(Nc1nccc(N2C(=O)OCC2(C)C)n1)c1cnc(OCC(F)(F)F)c(Cl)c1. The van der Waals surface area contributed by atoms with Gasteiger partial charge in [-0.2, -0.15) is 18.2 Å². The predicted molar refractivity (Wildman–Crippen MR) is 103 cm³/mol. The molecule has 0 bridgehead atoms. The van der Waals surface area contributed by atoms with Crippen LogP contribution in [0.3, 0.4) is 0 Å². The van der Waals surface area contributed by atoms with E-state index in [2.05, 4.69) is 25.0 Å². The molecular weight excluding hydrogens is 427 g/mol. The first kappa shape index (κ1) is 21.9. The van der Waals surface area contributed by atoms with Crippen LogP contribution in [0.4, 0.5) is 29.7 Å². The molecule has 162 valence electrons. The number of rotatable bonds is 6. The van der Waals surface area contributed by atoms with Gasteiger partial charge in [0.05, 0.1) is 11.6 Å². The van der Waals surface area contributed by atoms with Crippen LogP contribution in [-0.4, -0.2) is 46.0 Å². The van der Waals surface area contributed by atoms with E-state index in [0.29, 0.717) is 11.4 Å². The van der Waals surface area contributed by atoms with E-state index in [0.717, 1.165) is 0 Å². The Bertz CT molecular complexity index is 942. The van der Waals surface area contributed by atoms with Crippen LogP contribution >= 0.6 is 11.6 Å². The number of carbonyl (C=O) groups excluding carboxylic acids is 1. The highest BCUT2D eigenvalue weighted by Crippen LogP contribution is 2.31. The zero-order valence-electron chi connectivity index (χ0n) is 16.3. The van der Waals surface area contributed by atoms with E-state index in [9.17, 15) is 18.0 Å². The van der Waals surface area contributed by atoms with Crippen molar-refractivity contribution in [1.29, 1.82) is 0 Å². The summed E-state index contributed by atoms with van der Waals surface area (Å²) in [4.78, 5) is 25.8. The second-order valence-electron chi connectivity index (χ2n) is 7.27. The van der Waals surface area contributed by atoms with Crippen LogP contribution in [0.25, 0.3) is 0 Å². The maximum Gasteiger partial charge on any atom is 0.422 e. The summed E-state index contributed by atoms with van der Waals surface area (Å²) in [6.45, 7) is 4.23. The number of hydrogen-bond donors (Lipinski definition) is 1. The molecule has 8 nitrogen and oxygen atoms in total. The third-order valence-electron chi connectivity index (χ3n) is 4.25. The van der Waals surface area contributed by atoms with Gasteiger partial charge in [-0.3, -0.25) is 4.90 Å². The standard InChI is InChI=1S/C18H19ClF3N5O3/c1-10(11-6-12(19)14(24-7-11)29-9-18(20,21)22)25-15-23-5-4-13(26-15)27-16(28)30-8-17(27,2)3/h4-7,10H,8-9H2,1-3H3,(H,23,25,26). The van der Waals surface area contributed by atoms with Gasteiger partial charge >= 0.3 is 12.3 Å². The smallest absolute Gasteiger partial charge is 0.422 e. The number of alkyl halides is 3. The molecule has 0 spiro atoms. The highest BCUT2D eigenvalue weighted by molar-refractivity contribution is 6.31. The second-order valence-corrected chi connectivity index (χ2v) is 7.67. The molecule has 1 atom stereocenters. The van der Waals surface area contributed by atoms with Crippen molar-refractivity contribution in [3.05, 3.63) is 35.1 Å². The Morgan fingerprint density at radius 1 is 1.40 bits per heavy atom. The summed E-state index contributed by atoms with van der Waals surface area (Å²) in [5.74, 6) is 0.307. The number of hydrogen-bond acceptors (Lipinski definition) is 7. The summed E-state index contributed by atoms with van der Waals surface area (Å²) in [7, 11) is 0. The van der Waals surface area contributed by atoms with E-state index in [1.807, 2.05) is 13.8 Å². The molecule has 1 fully saturated rings. The molecule has 0 aromatic carbocycles. The van der Waals surface area contributed by atoms with Crippen LogP contribution in [0, 0.1) is 0 Å². The van der Waals surface area contributed by atoms with Crippen molar-refractivity contribution in [3.8, 4) is 5.88 Å². The normalized spacial score (nSPS) is 16.9. The molecule has 2 aromatic heterocycles. The summed E-state index contributed by atoms with van der Waals surface area (Å²) in [5, 5.41) is 2.99. The van der Waals surface area contributed by atoms with Crippen LogP contribution in [0.2, 0.25) is 5.02 Å². The average molecular weight is 446 g/mol. The van der Waals surface area contributed by atoms with Gasteiger partial charge in [0.1, 0.15) is 17.4 Å². The topological polar surface area (TPSA) is 89.5 Å². The maximum atomic E-state index is 12.3. The molecule has 1 N–H and O–H groups in total. The number of aromatic nitrogens is 3. The Kier molecular flexibility index (Phi) is 5.93. The Balaban J connectivity index is 1.73. The van der Waals surface area contributed by atoms with Gasteiger partial charge in [0.25, 0.3) is 0 Å². The van der Waals surface area contributed by atoms with Gasteiger partial charge in [0.15, 0.2) is 6.61 Å². The largest absolute Gasteiger partial charge is 0.467 e. The Morgan fingerprint density at radius 2 is 2.13 bits per heavy atom. The molecule has 12 heteroatoms. The van der Waals surface area contributed by atoms with E-state index < -0.39 is 24.4 Å². The second kappa shape index (κ2) is 8.13. The van der Waals surface area contributed by atoms with Crippen LogP contribution < -0.4 is 15.0 Å². The number of anilines is 2. The first-order valence-electron chi connectivity index (χ1n) is 8.88. The van der Waals surface area contributed by atoms with Crippen molar-refractivity contribution in [1.82, 2.24) is 15.0 Å². The fourth-order valence-corrected chi connectivity index (χ4v) is 3.00. The summed E-state index contributed by atoms with van der Waals surface area (Å²) >= 11 is 5.99. The molecule has 1 saturated heterocycles. The molecule has 0 saturated carbocycles. The number of nitrogens with one attached hydrogen (secondary N) is 1. The van der Waals surface area contributed by atoms with Gasteiger partial charge < -0.3 is 14.8 Å². The molecule has 3 rings (SSSR count). The van der Waals surface area contributed by atoms with E-state index in [1.54, 1.807) is 13.0 Å². The molecule has 30 heavy (non-hydrogen) atoms. The quantitative estimate of drug-likeness (QED) is 0.705. The molecule has 1 aliphatic rings. The molecule has 1 unspecified atom stereocenters. The number of cyclic esters (lactones) is 1. The molecule has 1 amide bonds. The Hall–Kier alpha value is -2.82. The molecule has 3 heterocycles. The molecule has 2 aromatic rings. The zero-order chi connectivity index (χ0) is 22.1. The van der Waals surface area contributed by atoms with E-state index in [1.165, 1.54) is 23.4 Å². The number of nitrogens with zero attached hydrogens (tertiary/aromatic N) is 4. The van der Waals surface area contributed by atoms with Crippen LogP contribution in [0.15, 0.2) is 24.5 Å². The minimum absolute atomic E-state index is 0.0540. The maximum absolute atomic E-state index is 12.3. The average Bonchev–Trinajstić information content (AvgIpc) is 2.92. The van der Waals surface area contributed by atoms with E-state index in [4.69, 9.17) is 16.3 Å². The molecule has 0 radical (unpaired) electrons. The van der Waals surface area contributed by atoms with Crippen LogP contribution in [0.5, 0.6) is 5.88 Å². The van der Waals surface area contributed by atoms with Crippen molar-refractivity contribution in [2.75, 3.05) is 23.4 Å². The Labute approximate surface area is 175 Å². The van der Waals surface area contributed by atoms with Crippen molar-refractivity contribution in [2.24, 2.45) is 0 Å². The summed E-state index contributed by atoms with van der Waals surface area (Å²) in [6.07, 6.45) is -2.14. The lowest BCUT2D eigenvalue weighted by molar-refractivity contribution is -0.154. The highest BCUT2D eigenvalue weighted by atomic mass is 35.5. The van der Waals surface area contributed by atoms with Gasteiger partial charge in [-0.1, -0.05) is 11.6 Å². The van der Waals surface area contributed by atoms with E-state index >= 15 is 0 Å². The lowest BCUT2D eigenvalue weighted by Crippen LogP contribution is -2.42. The van der Waals surface area contributed by atoms with Crippen molar-refractivity contribution < 1.29 is 27.4 Å². The number of halogens is 4. The van der Waals surface area contributed by atoms with Crippen molar-refractivity contribution >= 4 is 29.5 Å². The fraction of sp³-hybridized carbons (Fsp3) is 0.444. The van der Waals surface area contributed by atoms with Gasteiger partial charge in [-0.05, 0) is 38.5 Å². The van der Waals surface area contributed by atoms with Gasteiger partial charge in [0, 0.05) is 12.4 Å². The highest BCUT2D eigenvalue weighted by Gasteiger charge is 2.41. The number of amides is 1. The first-order chi connectivity index (χ1) is 14.0. The van der Waals surface area contributed by atoms with Crippen molar-refractivity contribution in [3.63, 3.8) is 0 Å². The summed E-state index contributed by atoms with van der Waals surface area (Å²) in [6, 6.07) is 2.65. The minimum Gasteiger partial charge on any atom is -0.467 e. The Morgan fingerprint density at radius 3 is 2.73 bits per heavy atom.